The molecule has 1 radical (unpaired) electrons. The van der Waals surface area contributed by atoms with E-state index in [4.69, 9.17) is 6.58 Å². The number of hydrogen-bond acceptors (Lipinski definition) is 0. The molecule has 0 aromatic carbocycles. The molecule has 0 amide bonds. The van der Waals surface area contributed by atoms with Gasteiger partial charge in [-0.2, -0.15) is 0 Å². The lowest BCUT2D eigenvalue weighted by Crippen LogP contribution is -1.86. The van der Waals surface area contributed by atoms with Gasteiger partial charge < -0.3 is 0 Å². The third-order valence-corrected chi connectivity index (χ3v) is 1.34. The molecule has 0 bridgehead atoms. The van der Waals surface area contributed by atoms with Crippen molar-refractivity contribution in [3.05, 3.63) is 12.7 Å². The quantitative estimate of drug-likeness (QED) is 0.523. The molecule has 47 valence electrons. The molecule has 0 spiro atoms. The van der Waals surface area contributed by atoms with E-state index in [1.54, 1.807) is 6.08 Å². The van der Waals surface area contributed by atoms with Crippen LogP contribution in [0.5, 0.6) is 0 Å². The molecule has 0 nitrogen and oxygen atoms in total. The van der Waals surface area contributed by atoms with Crippen LogP contribution in [0.15, 0.2) is 6.08 Å². The third-order valence-electron chi connectivity index (χ3n) is 1.34. The molecule has 0 aliphatic heterocycles. The summed E-state index contributed by atoms with van der Waals surface area (Å²) < 4.78 is 0. The van der Waals surface area contributed by atoms with Crippen LogP contribution in [0, 0.1) is 12.5 Å². The predicted octanol–water partition coefficient (Wildman–Crippen LogP) is 2.80. The van der Waals surface area contributed by atoms with E-state index in [0.29, 0.717) is 5.92 Å². The summed E-state index contributed by atoms with van der Waals surface area (Å²) in [5, 5.41) is 0. The van der Waals surface area contributed by atoms with Gasteiger partial charge in [0.05, 0.1) is 0 Å². The standard InChI is InChI=1S/C8H15/c1-4-6-7-8(3)5-2/h2,5,8H,4,6-7H2,1,3H3. The van der Waals surface area contributed by atoms with E-state index in [9.17, 15) is 0 Å². The largest absolute Gasteiger partial charge is 0.0817 e. The Morgan fingerprint density at radius 1 is 1.62 bits per heavy atom. The number of hydrogen-bond donors (Lipinski definition) is 0. The summed E-state index contributed by atoms with van der Waals surface area (Å²) in [6.45, 7) is 9.63. The highest BCUT2D eigenvalue weighted by molar-refractivity contribution is 4.70. The Hall–Kier alpha value is -0.260. The second kappa shape index (κ2) is 4.89. The van der Waals surface area contributed by atoms with E-state index in [-0.39, 0.29) is 0 Å². The zero-order valence-corrected chi connectivity index (χ0v) is 5.85. The molecule has 0 saturated carbocycles. The maximum Gasteiger partial charge on any atom is -0.0259 e. The Kier molecular flexibility index (Phi) is 4.73. The molecule has 0 aromatic heterocycles. The lowest BCUT2D eigenvalue weighted by Gasteiger charge is -2.00. The summed E-state index contributed by atoms with van der Waals surface area (Å²) in [5.74, 6) is 0.606. The second-order valence-corrected chi connectivity index (χ2v) is 2.31. The fourth-order valence-electron chi connectivity index (χ4n) is 0.622. The normalized spacial score (nSPS) is 13.2. The molecule has 0 N–H and O–H groups in total. The van der Waals surface area contributed by atoms with Gasteiger partial charge in [-0.3, -0.25) is 0 Å². The van der Waals surface area contributed by atoms with Gasteiger partial charge in [0.2, 0.25) is 0 Å². The number of allylic oxidation sites excluding steroid dienone is 1. The highest BCUT2D eigenvalue weighted by atomic mass is 14.0. The molecule has 0 fully saturated rings. The first-order valence-corrected chi connectivity index (χ1v) is 3.36. The van der Waals surface area contributed by atoms with Gasteiger partial charge in [0, 0.05) is 0 Å². The summed E-state index contributed by atoms with van der Waals surface area (Å²) in [7, 11) is 0. The van der Waals surface area contributed by atoms with Crippen LogP contribution in [-0.4, -0.2) is 0 Å². The molecule has 1 atom stereocenters. The molecule has 0 aliphatic carbocycles. The van der Waals surface area contributed by atoms with Crippen molar-refractivity contribution in [1.29, 1.82) is 0 Å². The van der Waals surface area contributed by atoms with Crippen LogP contribution in [0.3, 0.4) is 0 Å². The average Bonchev–Trinajstić information content (AvgIpc) is 1.83. The Morgan fingerprint density at radius 3 is 2.62 bits per heavy atom. The summed E-state index contributed by atoms with van der Waals surface area (Å²) in [5.41, 5.74) is 0. The second-order valence-electron chi connectivity index (χ2n) is 2.31. The monoisotopic (exact) mass is 111 g/mol. The number of unbranched alkanes of at least 4 members (excludes halogenated alkanes) is 1. The summed E-state index contributed by atoms with van der Waals surface area (Å²) in [6, 6.07) is 0. The first-order valence-electron chi connectivity index (χ1n) is 3.36. The van der Waals surface area contributed by atoms with Crippen LogP contribution in [0.4, 0.5) is 0 Å². The summed E-state index contributed by atoms with van der Waals surface area (Å²) in [4.78, 5) is 0. The Bertz CT molecular complexity index is 55.1. The average molecular weight is 111 g/mol. The van der Waals surface area contributed by atoms with Crippen molar-refractivity contribution in [3.63, 3.8) is 0 Å². The van der Waals surface area contributed by atoms with Gasteiger partial charge in [-0.1, -0.05) is 39.3 Å². The fraction of sp³-hybridized carbons (Fsp3) is 0.750. The van der Waals surface area contributed by atoms with E-state index in [1.165, 1.54) is 19.3 Å². The van der Waals surface area contributed by atoms with Gasteiger partial charge >= 0.3 is 0 Å². The van der Waals surface area contributed by atoms with Gasteiger partial charge in [0.1, 0.15) is 0 Å². The highest BCUT2D eigenvalue weighted by Gasteiger charge is 1.91. The minimum Gasteiger partial charge on any atom is -0.0817 e. The maximum absolute atomic E-state index is 5.29. The topological polar surface area (TPSA) is 0 Å². The van der Waals surface area contributed by atoms with Crippen LogP contribution < -0.4 is 0 Å². The fourth-order valence-corrected chi connectivity index (χ4v) is 0.622. The summed E-state index contributed by atoms with van der Waals surface area (Å²) >= 11 is 0. The van der Waals surface area contributed by atoms with E-state index in [0.717, 1.165) is 0 Å². The molecular formula is C8H15. The van der Waals surface area contributed by atoms with Crippen molar-refractivity contribution < 1.29 is 0 Å². The van der Waals surface area contributed by atoms with Gasteiger partial charge in [-0.05, 0) is 12.3 Å². The molecule has 0 saturated heterocycles. The Labute approximate surface area is 52.6 Å². The Balaban J connectivity index is 2.98. The summed E-state index contributed by atoms with van der Waals surface area (Å²) in [6.07, 6.45) is 5.59. The van der Waals surface area contributed by atoms with Crippen LogP contribution in [0.1, 0.15) is 33.1 Å². The van der Waals surface area contributed by atoms with E-state index >= 15 is 0 Å². The molecule has 1 unspecified atom stereocenters. The van der Waals surface area contributed by atoms with Gasteiger partial charge in [-0.25, -0.2) is 0 Å². The van der Waals surface area contributed by atoms with Crippen molar-refractivity contribution in [2.24, 2.45) is 5.92 Å². The molecule has 0 aromatic rings. The molecule has 8 heavy (non-hydrogen) atoms. The SMILES string of the molecule is [CH]=CC(C)CCCC. The van der Waals surface area contributed by atoms with Crippen LogP contribution in [0.25, 0.3) is 0 Å². The van der Waals surface area contributed by atoms with Crippen molar-refractivity contribution in [2.75, 3.05) is 0 Å². The predicted molar refractivity (Wildman–Crippen MR) is 37.6 cm³/mol. The highest BCUT2D eigenvalue weighted by Crippen LogP contribution is 2.06. The van der Waals surface area contributed by atoms with Crippen molar-refractivity contribution in [3.8, 4) is 0 Å². The smallest absolute Gasteiger partial charge is 0.0259 e. The van der Waals surface area contributed by atoms with E-state index < -0.39 is 0 Å². The molecule has 0 rings (SSSR count). The number of rotatable bonds is 4. The van der Waals surface area contributed by atoms with E-state index in [1.807, 2.05) is 0 Å². The maximum atomic E-state index is 5.29. The third kappa shape index (κ3) is 3.91. The van der Waals surface area contributed by atoms with Crippen molar-refractivity contribution in [2.45, 2.75) is 33.1 Å². The van der Waals surface area contributed by atoms with E-state index in [2.05, 4.69) is 13.8 Å². The first-order chi connectivity index (χ1) is 3.81. The lowest BCUT2D eigenvalue weighted by atomic mass is 10.1. The molecule has 0 aliphatic rings. The van der Waals surface area contributed by atoms with Crippen LogP contribution in [-0.2, 0) is 0 Å². The molecule has 0 heterocycles. The van der Waals surface area contributed by atoms with Gasteiger partial charge in [-0.15, -0.1) is 0 Å². The van der Waals surface area contributed by atoms with Crippen molar-refractivity contribution in [1.82, 2.24) is 0 Å². The zero-order valence-electron chi connectivity index (χ0n) is 5.85. The van der Waals surface area contributed by atoms with Gasteiger partial charge in [0.25, 0.3) is 0 Å². The van der Waals surface area contributed by atoms with Crippen LogP contribution >= 0.6 is 0 Å². The first kappa shape index (κ1) is 7.74. The minimum atomic E-state index is 0.606. The minimum absolute atomic E-state index is 0.606. The lowest BCUT2D eigenvalue weighted by molar-refractivity contribution is 0.598. The zero-order chi connectivity index (χ0) is 6.41. The van der Waals surface area contributed by atoms with Crippen LogP contribution in [0.2, 0.25) is 0 Å². The van der Waals surface area contributed by atoms with Crippen molar-refractivity contribution >= 4 is 0 Å². The molecule has 0 heteroatoms. The molecular weight excluding hydrogens is 96.1 g/mol. The van der Waals surface area contributed by atoms with Gasteiger partial charge in [0.15, 0.2) is 0 Å². The Morgan fingerprint density at radius 2 is 2.25 bits per heavy atom.